The van der Waals surface area contributed by atoms with Crippen molar-refractivity contribution in [2.75, 3.05) is 10.6 Å². The molecule has 2 atom stereocenters. The fourth-order valence-corrected chi connectivity index (χ4v) is 4.31. The molecular formula is C22H30N2O3S. The molecular weight excluding hydrogens is 372 g/mol. The third kappa shape index (κ3) is 5.13. The molecule has 0 aromatic heterocycles. The van der Waals surface area contributed by atoms with Crippen molar-refractivity contribution >= 4 is 21.6 Å². The standard InChI is InChI=1S/C22H30N2O3S/c1-7-19-9-12-21(13-10-19)24(28(6,26)27)18(5)22(25)23-17(4)20-11-8-15(2)16(3)14-20/h8-14,17-18H,7H2,1-6H3,(H,23,25)/t17-,18-/m0/s1. The van der Waals surface area contributed by atoms with Gasteiger partial charge < -0.3 is 5.32 Å². The average Bonchev–Trinajstić information content (AvgIpc) is 2.63. The van der Waals surface area contributed by atoms with Gasteiger partial charge >= 0.3 is 0 Å². The Morgan fingerprint density at radius 1 is 1.04 bits per heavy atom. The number of nitrogens with zero attached hydrogens (tertiary/aromatic N) is 1. The maximum atomic E-state index is 12.8. The summed E-state index contributed by atoms with van der Waals surface area (Å²) in [5.74, 6) is -0.337. The molecule has 0 bridgehead atoms. The SMILES string of the molecule is CCc1ccc(N([C@@H](C)C(=O)N[C@@H](C)c2ccc(C)c(C)c2)S(C)(=O)=O)cc1. The molecule has 0 radical (unpaired) electrons. The van der Waals surface area contributed by atoms with Crippen molar-refractivity contribution in [3.05, 3.63) is 64.7 Å². The van der Waals surface area contributed by atoms with Gasteiger partial charge in [0.2, 0.25) is 15.9 Å². The smallest absolute Gasteiger partial charge is 0.244 e. The maximum Gasteiger partial charge on any atom is 0.244 e. The van der Waals surface area contributed by atoms with Gasteiger partial charge in [0.1, 0.15) is 6.04 Å². The first-order valence-corrected chi connectivity index (χ1v) is 11.3. The van der Waals surface area contributed by atoms with E-state index in [0.717, 1.165) is 29.4 Å². The van der Waals surface area contributed by atoms with Crippen LogP contribution in [0.2, 0.25) is 0 Å². The van der Waals surface area contributed by atoms with Crippen molar-refractivity contribution in [3.63, 3.8) is 0 Å². The largest absolute Gasteiger partial charge is 0.348 e. The number of anilines is 1. The van der Waals surface area contributed by atoms with Crippen molar-refractivity contribution in [2.45, 2.75) is 53.1 Å². The van der Waals surface area contributed by atoms with Gasteiger partial charge in [-0.25, -0.2) is 8.42 Å². The van der Waals surface area contributed by atoms with Gasteiger partial charge in [-0.1, -0.05) is 37.3 Å². The van der Waals surface area contributed by atoms with Gasteiger partial charge in [-0.2, -0.15) is 0 Å². The number of benzene rings is 2. The molecule has 5 nitrogen and oxygen atoms in total. The number of amides is 1. The Hall–Kier alpha value is -2.34. The fourth-order valence-electron chi connectivity index (χ4n) is 3.14. The monoisotopic (exact) mass is 402 g/mol. The van der Waals surface area contributed by atoms with Crippen LogP contribution in [0.1, 0.15) is 49.1 Å². The second kappa shape index (κ2) is 8.78. The van der Waals surface area contributed by atoms with Crippen molar-refractivity contribution < 1.29 is 13.2 Å². The van der Waals surface area contributed by atoms with E-state index in [-0.39, 0.29) is 11.9 Å². The second-order valence-electron chi connectivity index (χ2n) is 7.33. The zero-order valence-electron chi connectivity index (χ0n) is 17.5. The van der Waals surface area contributed by atoms with Crippen LogP contribution >= 0.6 is 0 Å². The number of rotatable bonds is 7. The highest BCUT2D eigenvalue weighted by atomic mass is 32.2. The third-order valence-electron chi connectivity index (χ3n) is 5.08. The molecule has 0 unspecified atom stereocenters. The number of hydrogen-bond donors (Lipinski definition) is 1. The fraction of sp³-hybridized carbons (Fsp3) is 0.409. The molecule has 0 heterocycles. The number of hydrogen-bond acceptors (Lipinski definition) is 3. The van der Waals surface area contributed by atoms with E-state index in [4.69, 9.17) is 0 Å². The highest BCUT2D eigenvalue weighted by molar-refractivity contribution is 7.92. The summed E-state index contributed by atoms with van der Waals surface area (Å²) in [5, 5.41) is 2.94. The summed E-state index contributed by atoms with van der Waals surface area (Å²) in [6, 6.07) is 12.2. The minimum atomic E-state index is -3.62. The zero-order valence-corrected chi connectivity index (χ0v) is 18.3. The van der Waals surface area contributed by atoms with Crippen molar-refractivity contribution in [1.29, 1.82) is 0 Å². The van der Waals surface area contributed by atoms with Gasteiger partial charge in [0, 0.05) is 0 Å². The number of nitrogens with one attached hydrogen (secondary N) is 1. The minimum absolute atomic E-state index is 0.224. The lowest BCUT2D eigenvalue weighted by molar-refractivity contribution is -0.122. The molecule has 0 fully saturated rings. The van der Waals surface area contributed by atoms with Crippen LogP contribution in [-0.2, 0) is 21.2 Å². The molecule has 0 saturated carbocycles. The molecule has 2 aromatic carbocycles. The van der Waals surface area contributed by atoms with Crippen molar-refractivity contribution in [2.24, 2.45) is 0 Å². The van der Waals surface area contributed by atoms with E-state index < -0.39 is 16.1 Å². The highest BCUT2D eigenvalue weighted by Gasteiger charge is 2.29. The van der Waals surface area contributed by atoms with Crippen molar-refractivity contribution in [3.8, 4) is 0 Å². The van der Waals surface area contributed by atoms with E-state index in [2.05, 4.69) is 5.32 Å². The average molecular weight is 403 g/mol. The Kier molecular flexibility index (Phi) is 6.88. The highest BCUT2D eigenvalue weighted by Crippen LogP contribution is 2.23. The molecule has 0 spiro atoms. The van der Waals surface area contributed by atoms with E-state index in [0.29, 0.717) is 5.69 Å². The van der Waals surface area contributed by atoms with Crippen molar-refractivity contribution in [1.82, 2.24) is 5.32 Å². The summed E-state index contributed by atoms with van der Waals surface area (Å²) in [6.07, 6.45) is 1.99. The summed E-state index contributed by atoms with van der Waals surface area (Å²) < 4.78 is 26.0. The van der Waals surface area contributed by atoms with Crippen LogP contribution in [0.4, 0.5) is 5.69 Å². The first-order valence-electron chi connectivity index (χ1n) is 9.50. The van der Waals surface area contributed by atoms with Crippen LogP contribution in [-0.4, -0.2) is 26.6 Å². The molecule has 152 valence electrons. The topological polar surface area (TPSA) is 66.5 Å². The molecule has 0 aliphatic carbocycles. The Labute approximate surface area is 168 Å². The van der Waals surface area contributed by atoms with E-state index in [9.17, 15) is 13.2 Å². The Bertz CT molecular complexity index is 937. The van der Waals surface area contributed by atoms with Crippen LogP contribution in [0.5, 0.6) is 0 Å². The van der Waals surface area contributed by atoms with Gasteiger partial charge in [-0.15, -0.1) is 0 Å². The quantitative estimate of drug-likeness (QED) is 0.764. The van der Waals surface area contributed by atoms with Gasteiger partial charge in [0.25, 0.3) is 0 Å². The van der Waals surface area contributed by atoms with E-state index in [1.54, 1.807) is 19.1 Å². The molecule has 28 heavy (non-hydrogen) atoms. The normalized spacial score (nSPS) is 13.6. The number of carbonyl (C=O) groups excluding carboxylic acids is 1. The number of carbonyl (C=O) groups is 1. The lowest BCUT2D eigenvalue weighted by Gasteiger charge is -2.29. The first-order chi connectivity index (χ1) is 13.0. The summed E-state index contributed by atoms with van der Waals surface area (Å²) in [6.45, 7) is 9.61. The lowest BCUT2D eigenvalue weighted by Crippen LogP contribution is -2.48. The predicted octanol–water partition coefficient (Wildman–Crippen LogP) is 3.90. The Morgan fingerprint density at radius 2 is 1.64 bits per heavy atom. The van der Waals surface area contributed by atoms with Crippen LogP contribution in [0.3, 0.4) is 0 Å². The molecule has 6 heteroatoms. The van der Waals surface area contributed by atoms with Gasteiger partial charge in [-0.3, -0.25) is 9.10 Å². The van der Waals surface area contributed by atoms with Crippen LogP contribution in [0.15, 0.2) is 42.5 Å². The Morgan fingerprint density at radius 3 is 2.14 bits per heavy atom. The summed E-state index contributed by atoms with van der Waals surface area (Å²) in [4.78, 5) is 12.8. The minimum Gasteiger partial charge on any atom is -0.348 e. The molecule has 1 amide bonds. The second-order valence-corrected chi connectivity index (χ2v) is 9.19. The van der Waals surface area contributed by atoms with E-state index in [1.807, 2.05) is 58.0 Å². The molecule has 0 aliphatic heterocycles. The molecule has 0 saturated heterocycles. The summed E-state index contributed by atoms with van der Waals surface area (Å²) in [7, 11) is -3.62. The summed E-state index contributed by atoms with van der Waals surface area (Å²) in [5.41, 5.74) is 4.93. The predicted molar refractivity (Wildman–Crippen MR) is 115 cm³/mol. The third-order valence-corrected chi connectivity index (χ3v) is 6.32. The zero-order chi connectivity index (χ0) is 21.1. The lowest BCUT2D eigenvalue weighted by atomic mass is 10.0. The van der Waals surface area contributed by atoms with E-state index >= 15 is 0 Å². The Balaban J connectivity index is 2.24. The number of aryl methyl sites for hydroxylation is 3. The molecule has 2 aromatic rings. The molecule has 0 aliphatic rings. The van der Waals surface area contributed by atoms with Gasteiger partial charge in [0.15, 0.2) is 0 Å². The number of sulfonamides is 1. The first kappa shape index (κ1) is 22.0. The van der Waals surface area contributed by atoms with Crippen LogP contribution in [0, 0.1) is 13.8 Å². The molecule has 2 rings (SSSR count). The van der Waals surface area contributed by atoms with Gasteiger partial charge in [-0.05, 0) is 68.5 Å². The molecule has 1 N–H and O–H groups in total. The van der Waals surface area contributed by atoms with Crippen LogP contribution in [0.25, 0.3) is 0 Å². The van der Waals surface area contributed by atoms with E-state index in [1.165, 1.54) is 9.87 Å². The van der Waals surface area contributed by atoms with Gasteiger partial charge in [0.05, 0.1) is 18.0 Å². The summed E-state index contributed by atoms with van der Waals surface area (Å²) >= 11 is 0. The maximum absolute atomic E-state index is 12.8. The van der Waals surface area contributed by atoms with Crippen LogP contribution < -0.4 is 9.62 Å².